The predicted octanol–water partition coefficient (Wildman–Crippen LogP) is 1.74. The molecule has 1 aromatic carbocycles. The summed E-state index contributed by atoms with van der Waals surface area (Å²) in [7, 11) is 0. The van der Waals surface area contributed by atoms with E-state index < -0.39 is 11.5 Å². The summed E-state index contributed by atoms with van der Waals surface area (Å²) >= 11 is 0. The van der Waals surface area contributed by atoms with E-state index in [1.807, 2.05) is 24.3 Å². The van der Waals surface area contributed by atoms with Gasteiger partial charge in [-0.15, -0.1) is 0 Å². The zero-order valence-corrected chi connectivity index (χ0v) is 12.4. The first-order valence-corrected chi connectivity index (χ1v) is 7.51. The molecule has 0 saturated carbocycles. The van der Waals surface area contributed by atoms with Gasteiger partial charge in [-0.05, 0) is 24.0 Å². The van der Waals surface area contributed by atoms with Crippen LogP contribution in [0.5, 0.6) is 0 Å². The van der Waals surface area contributed by atoms with Gasteiger partial charge in [0.25, 0.3) is 0 Å². The Hall–Kier alpha value is -2.08. The zero-order valence-electron chi connectivity index (χ0n) is 12.4. The van der Waals surface area contributed by atoms with Crippen LogP contribution in [-0.2, 0) is 22.6 Å². The molecule has 2 amide bonds. The number of amides is 2. The summed E-state index contributed by atoms with van der Waals surface area (Å²) < 4.78 is 5.31. The molecule has 3 rings (SSSR count). The fourth-order valence-electron chi connectivity index (χ4n) is 3.18. The molecular weight excluding hydrogens is 284 g/mol. The van der Waals surface area contributed by atoms with Gasteiger partial charge < -0.3 is 20.1 Å². The zero-order chi connectivity index (χ0) is 15.6. The molecule has 0 atom stereocenters. The van der Waals surface area contributed by atoms with Crippen LogP contribution < -0.4 is 5.32 Å². The highest BCUT2D eigenvalue weighted by molar-refractivity contribution is 5.77. The van der Waals surface area contributed by atoms with Crippen molar-refractivity contribution in [3.8, 4) is 0 Å². The number of urea groups is 1. The number of hydrogen-bond donors (Lipinski definition) is 2. The summed E-state index contributed by atoms with van der Waals surface area (Å²) in [5.41, 5.74) is 1.60. The van der Waals surface area contributed by atoms with Gasteiger partial charge in [-0.2, -0.15) is 0 Å². The van der Waals surface area contributed by atoms with Crippen molar-refractivity contribution in [3.63, 3.8) is 0 Å². The minimum Gasteiger partial charge on any atom is -0.481 e. The van der Waals surface area contributed by atoms with Crippen molar-refractivity contribution in [2.24, 2.45) is 0 Å². The third-order valence-electron chi connectivity index (χ3n) is 4.44. The van der Waals surface area contributed by atoms with E-state index in [9.17, 15) is 9.59 Å². The molecule has 22 heavy (non-hydrogen) atoms. The molecule has 0 bridgehead atoms. The summed E-state index contributed by atoms with van der Waals surface area (Å²) in [4.78, 5) is 25.4. The molecule has 0 spiro atoms. The Labute approximate surface area is 129 Å². The van der Waals surface area contributed by atoms with Crippen molar-refractivity contribution in [1.29, 1.82) is 0 Å². The normalized spacial score (nSPS) is 19.5. The fraction of sp³-hybridized carbons (Fsp3) is 0.500. The van der Waals surface area contributed by atoms with Crippen molar-refractivity contribution in [2.45, 2.75) is 37.9 Å². The highest BCUT2D eigenvalue weighted by Gasteiger charge is 2.38. The van der Waals surface area contributed by atoms with Gasteiger partial charge in [0.1, 0.15) is 0 Å². The van der Waals surface area contributed by atoms with Gasteiger partial charge in [-0.25, -0.2) is 4.79 Å². The first-order valence-electron chi connectivity index (χ1n) is 7.51. The summed E-state index contributed by atoms with van der Waals surface area (Å²) in [6.45, 7) is 2.10. The van der Waals surface area contributed by atoms with Gasteiger partial charge in [0.05, 0.1) is 12.0 Å². The molecule has 2 heterocycles. The lowest BCUT2D eigenvalue weighted by atomic mass is 9.86. The fourth-order valence-corrected chi connectivity index (χ4v) is 3.18. The SMILES string of the molecule is O=C(O)CC1(NC(=O)N2Cc3ccccc3C2)CCOCC1. The summed E-state index contributed by atoms with van der Waals surface area (Å²) in [5.74, 6) is -0.896. The van der Waals surface area contributed by atoms with Gasteiger partial charge in [0.15, 0.2) is 0 Å². The molecule has 2 N–H and O–H groups in total. The summed E-state index contributed by atoms with van der Waals surface area (Å²) in [6, 6.07) is 7.77. The average molecular weight is 304 g/mol. The Morgan fingerprint density at radius 1 is 1.18 bits per heavy atom. The van der Waals surface area contributed by atoms with E-state index in [4.69, 9.17) is 9.84 Å². The average Bonchev–Trinajstić information content (AvgIpc) is 2.91. The largest absolute Gasteiger partial charge is 0.481 e. The Morgan fingerprint density at radius 3 is 2.32 bits per heavy atom. The number of rotatable bonds is 3. The first kappa shape index (κ1) is 14.8. The summed E-state index contributed by atoms with van der Waals surface area (Å²) in [6.07, 6.45) is 1.00. The number of ether oxygens (including phenoxy) is 1. The molecule has 1 fully saturated rings. The minimum atomic E-state index is -0.896. The van der Waals surface area contributed by atoms with Crippen LogP contribution in [0.3, 0.4) is 0 Å². The van der Waals surface area contributed by atoms with Crippen molar-refractivity contribution < 1.29 is 19.4 Å². The van der Waals surface area contributed by atoms with Crippen LogP contribution in [-0.4, -0.2) is 40.8 Å². The van der Waals surface area contributed by atoms with Crippen LogP contribution in [0, 0.1) is 0 Å². The van der Waals surface area contributed by atoms with Crippen LogP contribution in [0.25, 0.3) is 0 Å². The van der Waals surface area contributed by atoms with E-state index in [0.717, 1.165) is 11.1 Å². The second kappa shape index (κ2) is 5.96. The highest BCUT2D eigenvalue weighted by atomic mass is 16.5. The minimum absolute atomic E-state index is 0.0666. The van der Waals surface area contributed by atoms with E-state index in [-0.39, 0.29) is 12.5 Å². The van der Waals surface area contributed by atoms with Crippen LogP contribution in [0.4, 0.5) is 4.79 Å². The summed E-state index contributed by atoms with van der Waals surface area (Å²) in [5, 5.41) is 12.1. The molecular formula is C16H20N2O4. The third kappa shape index (κ3) is 3.06. The van der Waals surface area contributed by atoms with E-state index in [2.05, 4.69) is 5.32 Å². The molecule has 0 radical (unpaired) electrons. The van der Waals surface area contributed by atoms with Gasteiger partial charge in [-0.1, -0.05) is 24.3 Å². The number of fused-ring (bicyclic) bond motifs is 1. The molecule has 2 aliphatic heterocycles. The van der Waals surface area contributed by atoms with Gasteiger partial charge in [-0.3, -0.25) is 4.79 Å². The number of nitrogens with zero attached hydrogens (tertiary/aromatic N) is 1. The number of benzene rings is 1. The van der Waals surface area contributed by atoms with Crippen LogP contribution in [0.1, 0.15) is 30.4 Å². The number of hydrogen-bond acceptors (Lipinski definition) is 3. The number of carboxylic acids is 1. The second-order valence-corrected chi connectivity index (χ2v) is 6.02. The molecule has 6 nitrogen and oxygen atoms in total. The smallest absolute Gasteiger partial charge is 0.318 e. The first-order chi connectivity index (χ1) is 10.6. The number of nitrogens with one attached hydrogen (secondary N) is 1. The lowest BCUT2D eigenvalue weighted by Gasteiger charge is -2.38. The molecule has 0 aliphatic carbocycles. The number of aliphatic carboxylic acids is 1. The van der Waals surface area contributed by atoms with Crippen LogP contribution >= 0.6 is 0 Å². The number of carbonyl (C=O) groups excluding carboxylic acids is 1. The molecule has 1 aromatic rings. The predicted molar refractivity (Wildman–Crippen MR) is 79.3 cm³/mol. The van der Waals surface area contributed by atoms with Crippen molar-refractivity contribution in [2.75, 3.05) is 13.2 Å². The molecule has 6 heteroatoms. The van der Waals surface area contributed by atoms with Crippen molar-refractivity contribution in [1.82, 2.24) is 10.2 Å². The molecule has 118 valence electrons. The van der Waals surface area contributed by atoms with Crippen LogP contribution in [0.2, 0.25) is 0 Å². The van der Waals surface area contributed by atoms with Crippen LogP contribution in [0.15, 0.2) is 24.3 Å². The van der Waals surface area contributed by atoms with Crippen molar-refractivity contribution >= 4 is 12.0 Å². The number of carbonyl (C=O) groups is 2. The van der Waals surface area contributed by atoms with Gasteiger partial charge in [0.2, 0.25) is 0 Å². The van der Waals surface area contributed by atoms with E-state index in [1.165, 1.54) is 0 Å². The van der Waals surface area contributed by atoms with Crippen molar-refractivity contribution in [3.05, 3.63) is 35.4 Å². The molecule has 1 saturated heterocycles. The lowest BCUT2D eigenvalue weighted by Crippen LogP contribution is -2.56. The van der Waals surface area contributed by atoms with E-state index in [0.29, 0.717) is 39.1 Å². The molecule has 0 aromatic heterocycles. The Kier molecular flexibility index (Phi) is 4.02. The standard InChI is InChI=1S/C16H20N2O4/c19-14(20)9-16(5-7-22-8-6-16)17-15(21)18-10-12-3-1-2-4-13(12)11-18/h1-4H,5-11H2,(H,17,21)(H,19,20). The monoisotopic (exact) mass is 304 g/mol. The Balaban J connectivity index is 1.68. The maximum atomic E-state index is 12.5. The number of carboxylic acid groups (broad SMARTS) is 1. The topological polar surface area (TPSA) is 78.9 Å². The second-order valence-electron chi connectivity index (χ2n) is 6.02. The van der Waals surface area contributed by atoms with E-state index in [1.54, 1.807) is 4.90 Å². The molecule has 2 aliphatic rings. The van der Waals surface area contributed by atoms with E-state index >= 15 is 0 Å². The van der Waals surface area contributed by atoms with Gasteiger partial charge >= 0.3 is 12.0 Å². The molecule has 0 unspecified atom stereocenters. The maximum Gasteiger partial charge on any atom is 0.318 e. The van der Waals surface area contributed by atoms with Gasteiger partial charge in [0, 0.05) is 26.3 Å². The Morgan fingerprint density at radius 2 is 1.77 bits per heavy atom. The maximum absolute atomic E-state index is 12.5. The quantitative estimate of drug-likeness (QED) is 0.891. The third-order valence-corrected chi connectivity index (χ3v) is 4.44. The lowest BCUT2D eigenvalue weighted by molar-refractivity contribution is -0.139. The highest BCUT2D eigenvalue weighted by Crippen LogP contribution is 2.27. The Bertz CT molecular complexity index is 556.